The van der Waals surface area contributed by atoms with E-state index in [1.807, 2.05) is 6.07 Å². The van der Waals surface area contributed by atoms with Crippen LogP contribution in [0.25, 0.3) is 0 Å². The Bertz CT molecular complexity index is 485. The van der Waals surface area contributed by atoms with Gasteiger partial charge in [0.2, 0.25) is 0 Å². The highest BCUT2D eigenvalue weighted by atomic mass is 35.5. The van der Waals surface area contributed by atoms with E-state index in [-0.39, 0.29) is 5.41 Å². The molecule has 3 nitrogen and oxygen atoms in total. The second-order valence-electron chi connectivity index (χ2n) is 5.76. The fourth-order valence-corrected chi connectivity index (χ4v) is 2.87. The third kappa shape index (κ3) is 3.03. The predicted molar refractivity (Wildman–Crippen MR) is 77.8 cm³/mol. The zero-order chi connectivity index (χ0) is 14.0. The van der Waals surface area contributed by atoms with Gasteiger partial charge in [-0.3, -0.25) is 0 Å². The van der Waals surface area contributed by atoms with E-state index in [1.54, 1.807) is 12.1 Å². The molecular formula is C15H20ClNO2. The Balaban J connectivity index is 2.20. The van der Waals surface area contributed by atoms with Crippen molar-refractivity contribution in [2.75, 3.05) is 12.4 Å². The molecule has 1 saturated carbocycles. The molecule has 0 aromatic heterocycles. The zero-order valence-corrected chi connectivity index (χ0v) is 12.4. The third-order valence-corrected chi connectivity index (χ3v) is 4.30. The monoisotopic (exact) mass is 281 g/mol. The number of carbonyl (C=O) groups is 1. The van der Waals surface area contributed by atoms with Gasteiger partial charge in [0.1, 0.15) is 0 Å². The Kier molecular flexibility index (Phi) is 4.04. The van der Waals surface area contributed by atoms with E-state index in [0.29, 0.717) is 16.6 Å². The minimum atomic E-state index is -0.403. The summed E-state index contributed by atoms with van der Waals surface area (Å²) in [5, 5.41) is 3.93. The fourth-order valence-electron chi connectivity index (χ4n) is 2.68. The van der Waals surface area contributed by atoms with Crippen LogP contribution in [-0.2, 0) is 4.74 Å². The van der Waals surface area contributed by atoms with Crippen LogP contribution in [0.1, 0.15) is 43.5 Å². The number of halogens is 1. The molecule has 0 radical (unpaired) electrons. The lowest BCUT2D eigenvalue weighted by molar-refractivity contribution is 0.0601. The molecule has 1 N–H and O–H groups in total. The van der Waals surface area contributed by atoms with Crippen molar-refractivity contribution >= 4 is 23.3 Å². The van der Waals surface area contributed by atoms with Gasteiger partial charge in [0.05, 0.1) is 17.7 Å². The SMILES string of the molecule is COC(=O)c1cc(NC2CCCC2(C)C)ccc1Cl. The normalized spacial score (nSPS) is 21.2. The maximum atomic E-state index is 11.6. The van der Waals surface area contributed by atoms with Crippen LogP contribution in [0.3, 0.4) is 0 Å². The standard InChI is InChI=1S/C15H20ClNO2/c1-15(2)8-4-5-13(15)17-10-6-7-12(16)11(9-10)14(18)19-3/h6-7,9,13,17H,4-5,8H2,1-3H3. The summed E-state index contributed by atoms with van der Waals surface area (Å²) >= 11 is 6.01. The number of hydrogen-bond acceptors (Lipinski definition) is 3. The maximum absolute atomic E-state index is 11.6. The highest BCUT2D eigenvalue weighted by molar-refractivity contribution is 6.33. The van der Waals surface area contributed by atoms with Crippen LogP contribution in [0.15, 0.2) is 18.2 Å². The second kappa shape index (κ2) is 5.41. The molecule has 1 atom stereocenters. The summed E-state index contributed by atoms with van der Waals surface area (Å²) in [6.07, 6.45) is 3.62. The number of ether oxygens (including phenoxy) is 1. The average molecular weight is 282 g/mol. The summed E-state index contributed by atoms with van der Waals surface area (Å²) in [5.74, 6) is -0.403. The van der Waals surface area contributed by atoms with Gasteiger partial charge >= 0.3 is 5.97 Å². The lowest BCUT2D eigenvalue weighted by Crippen LogP contribution is -2.30. The van der Waals surface area contributed by atoms with Crippen LogP contribution in [0.5, 0.6) is 0 Å². The number of hydrogen-bond donors (Lipinski definition) is 1. The molecule has 19 heavy (non-hydrogen) atoms. The molecule has 0 heterocycles. The van der Waals surface area contributed by atoms with Gasteiger partial charge in [-0.05, 0) is 36.5 Å². The van der Waals surface area contributed by atoms with Crippen molar-refractivity contribution in [1.82, 2.24) is 0 Å². The molecule has 0 spiro atoms. The summed E-state index contributed by atoms with van der Waals surface area (Å²) in [4.78, 5) is 11.6. The van der Waals surface area contributed by atoms with Crippen LogP contribution < -0.4 is 5.32 Å². The van der Waals surface area contributed by atoms with Crippen LogP contribution in [-0.4, -0.2) is 19.1 Å². The van der Waals surface area contributed by atoms with Crippen molar-refractivity contribution in [3.63, 3.8) is 0 Å². The first-order valence-electron chi connectivity index (χ1n) is 6.58. The van der Waals surface area contributed by atoms with Crippen molar-refractivity contribution in [3.8, 4) is 0 Å². The molecule has 1 aromatic rings. The molecule has 1 fully saturated rings. The average Bonchev–Trinajstić information content (AvgIpc) is 2.70. The van der Waals surface area contributed by atoms with Gasteiger partial charge in [0.25, 0.3) is 0 Å². The molecule has 1 aliphatic rings. The molecule has 104 valence electrons. The lowest BCUT2D eigenvalue weighted by Gasteiger charge is -2.28. The highest BCUT2D eigenvalue weighted by Gasteiger charge is 2.34. The molecule has 1 aliphatic carbocycles. The van der Waals surface area contributed by atoms with Gasteiger partial charge in [-0.1, -0.05) is 31.9 Å². The van der Waals surface area contributed by atoms with Crippen molar-refractivity contribution in [1.29, 1.82) is 0 Å². The third-order valence-electron chi connectivity index (χ3n) is 3.97. The molecule has 4 heteroatoms. The summed E-state index contributed by atoms with van der Waals surface area (Å²) in [7, 11) is 1.36. The van der Waals surface area contributed by atoms with Gasteiger partial charge in [0.15, 0.2) is 0 Å². The topological polar surface area (TPSA) is 38.3 Å². The van der Waals surface area contributed by atoms with Gasteiger partial charge in [-0.15, -0.1) is 0 Å². The molecule has 0 bridgehead atoms. The first kappa shape index (κ1) is 14.2. The Morgan fingerprint density at radius 3 is 2.79 bits per heavy atom. The van der Waals surface area contributed by atoms with Crippen LogP contribution in [0.4, 0.5) is 5.69 Å². The first-order chi connectivity index (χ1) is 8.94. The Labute approximate surface area is 119 Å². The summed E-state index contributed by atoms with van der Waals surface area (Å²) in [5.41, 5.74) is 1.61. The predicted octanol–water partition coefficient (Wildman–Crippen LogP) is 4.12. The number of nitrogens with one attached hydrogen (secondary N) is 1. The van der Waals surface area contributed by atoms with E-state index in [0.717, 1.165) is 12.1 Å². The Hall–Kier alpha value is -1.22. The van der Waals surface area contributed by atoms with E-state index in [1.165, 1.54) is 20.0 Å². The Morgan fingerprint density at radius 1 is 1.47 bits per heavy atom. The number of rotatable bonds is 3. The van der Waals surface area contributed by atoms with Crippen LogP contribution >= 0.6 is 11.6 Å². The van der Waals surface area contributed by atoms with Crippen molar-refractivity contribution < 1.29 is 9.53 Å². The van der Waals surface area contributed by atoms with Crippen LogP contribution in [0.2, 0.25) is 5.02 Å². The fraction of sp³-hybridized carbons (Fsp3) is 0.533. The smallest absolute Gasteiger partial charge is 0.339 e. The lowest BCUT2D eigenvalue weighted by atomic mass is 9.87. The summed E-state index contributed by atoms with van der Waals surface area (Å²) in [6.45, 7) is 4.55. The van der Waals surface area contributed by atoms with Gasteiger partial charge in [-0.2, -0.15) is 0 Å². The van der Waals surface area contributed by atoms with E-state index < -0.39 is 5.97 Å². The number of carbonyl (C=O) groups excluding carboxylic acids is 1. The highest BCUT2D eigenvalue weighted by Crippen LogP contribution is 2.39. The van der Waals surface area contributed by atoms with E-state index in [2.05, 4.69) is 19.2 Å². The minimum absolute atomic E-state index is 0.283. The van der Waals surface area contributed by atoms with E-state index in [4.69, 9.17) is 16.3 Å². The molecule has 1 unspecified atom stereocenters. The van der Waals surface area contributed by atoms with E-state index >= 15 is 0 Å². The zero-order valence-electron chi connectivity index (χ0n) is 11.6. The quantitative estimate of drug-likeness (QED) is 0.847. The van der Waals surface area contributed by atoms with Gasteiger partial charge in [-0.25, -0.2) is 4.79 Å². The Morgan fingerprint density at radius 2 is 2.21 bits per heavy atom. The summed E-state index contributed by atoms with van der Waals surface area (Å²) < 4.78 is 4.73. The molecule has 0 aliphatic heterocycles. The molecule has 1 aromatic carbocycles. The van der Waals surface area contributed by atoms with Gasteiger partial charge in [0, 0.05) is 11.7 Å². The molecular weight excluding hydrogens is 262 g/mol. The molecule has 2 rings (SSSR count). The second-order valence-corrected chi connectivity index (χ2v) is 6.17. The summed E-state index contributed by atoms with van der Waals surface area (Å²) in [6, 6.07) is 5.84. The van der Waals surface area contributed by atoms with Crippen molar-refractivity contribution in [2.24, 2.45) is 5.41 Å². The number of anilines is 1. The number of esters is 1. The van der Waals surface area contributed by atoms with Crippen molar-refractivity contribution in [3.05, 3.63) is 28.8 Å². The maximum Gasteiger partial charge on any atom is 0.339 e. The molecule has 0 saturated heterocycles. The van der Waals surface area contributed by atoms with E-state index in [9.17, 15) is 4.79 Å². The van der Waals surface area contributed by atoms with Crippen molar-refractivity contribution in [2.45, 2.75) is 39.2 Å². The number of benzene rings is 1. The van der Waals surface area contributed by atoms with Gasteiger partial charge < -0.3 is 10.1 Å². The molecule has 0 amide bonds. The first-order valence-corrected chi connectivity index (χ1v) is 6.96. The largest absolute Gasteiger partial charge is 0.465 e. The number of methoxy groups -OCH3 is 1. The minimum Gasteiger partial charge on any atom is -0.465 e. The van der Waals surface area contributed by atoms with Crippen LogP contribution in [0, 0.1) is 5.41 Å².